The minimum Gasteiger partial charge on any atom is -0.481 e. The first-order chi connectivity index (χ1) is 19.1. The predicted octanol–water partition coefficient (Wildman–Crippen LogP) is 3.35. The number of fused-ring (bicyclic) bond motifs is 2. The lowest BCUT2D eigenvalue weighted by Crippen LogP contribution is -2.60. The number of hydrogen-bond acceptors (Lipinski definition) is 8. The van der Waals surface area contributed by atoms with Crippen LogP contribution < -0.4 is 4.74 Å². The normalized spacial score (nSPS) is 18.5. The van der Waals surface area contributed by atoms with Gasteiger partial charge in [-0.05, 0) is 60.4 Å². The van der Waals surface area contributed by atoms with Crippen molar-refractivity contribution in [3.05, 3.63) is 81.9 Å². The van der Waals surface area contributed by atoms with Gasteiger partial charge < -0.3 is 14.6 Å². The Morgan fingerprint density at radius 3 is 2.73 bits per heavy atom. The first-order valence-corrected chi connectivity index (χ1v) is 14.4. The highest BCUT2D eigenvalue weighted by Crippen LogP contribution is 2.38. The Labute approximate surface area is 235 Å². The second-order valence-corrected chi connectivity index (χ2v) is 12.5. The van der Waals surface area contributed by atoms with Gasteiger partial charge in [0.2, 0.25) is 15.9 Å². The van der Waals surface area contributed by atoms with Gasteiger partial charge in [0.15, 0.2) is 11.2 Å². The second kappa shape index (κ2) is 9.81. The van der Waals surface area contributed by atoms with E-state index in [9.17, 15) is 18.3 Å². The van der Waals surface area contributed by atoms with Crippen LogP contribution in [0.3, 0.4) is 0 Å². The maximum atomic E-state index is 13.8. The van der Waals surface area contributed by atoms with E-state index in [0.717, 1.165) is 17.0 Å². The van der Waals surface area contributed by atoms with E-state index in [4.69, 9.17) is 21.1 Å². The number of hydrogen-bond donors (Lipinski definition) is 1. The third-order valence-electron chi connectivity index (χ3n) is 7.47. The highest BCUT2D eigenvalue weighted by atomic mass is 35.5. The molecule has 3 aromatic heterocycles. The maximum absolute atomic E-state index is 13.8. The van der Waals surface area contributed by atoms with Crippen molar-refractivity contribution in [3.63, 3.8) is 0 Å². The summed E-state index contributed by atoms with van der Waals surface area (Å²) in [5, 5.41) is 18.6. The standard InChI is InChI=1S/C27H26ClN5O6S/c1-16-20(7-9-33-17(2)30-31-25(16)33)21(11-24(34)35)18-5-6-22(28)19(10-18)12-32-13-27(14-38-15-27)39-26-23(40(32,36)37)4-3-8-29-26/h3-10,21H,11-15H2,1-2H3,(H,34,35)/t21-/m0/s1. The van der Waals surface area contributed by atoms with Gasteiger partial charge in [0.1, 0.15) is 10.7 Å². The van der Waals surface area contributed by atoms with Crippen molar-refractivity contribution in [2.75, 3.05) is 19.8 Å². The highest BCUT2D eigenvalue weighted by Gasteiger charge is 2.49. The van der Waals surface area contributed by atoms with Crippen molar-refractivity contribution in [3.8, 4) is 5.88 Å². The first-order valence-electron chi connectivity index (χ1n) is 12.6. The molecule has 2 aliphatic heterocycles. The second-order valence-electron chi connectivity index (χ2n) is 10.2. The van der Waals surface area contributed by atoms with Crippen LogP contribution in [0.15, 0.2) is 53.7 Å². The van der Waals surface area contributed by atoms with E-state index < -0.39 is 27.5 Å². The van der Waals surface area contributed by atoms with Crippen LogP contribution in [0.4, 0.5) is 0 Å². The van der Waals surface area contributed by atoms with Gasteiger partial charge in [0.25, 0.3) is 0 Å². The van der Waals surface area contributed by atoms with E-state index >= 15 is 0 Å². The van der Waals surface area contributed by atoms with Crippen LogP contribution in [0.25, 0.3) is 5.65 Å². The summed E-state index contributed by atoms with van der Waals surface area (Å²) in [6.07, 6.45) is 3.13. The van der Waals surface area contributed by atoms with Crippen molar-refractivity contribution < 1.29 is 27.8 Å². The van der Waals surface area contributed by atoms with E-state index in [-0.39, 0.29) is 43.5 Å². The number of sulfonamides is 1. The number of carboxylic acids is 1. The molecule has 5 heterocycles. The largest absolute Gasteiger partial charge is 0.481 e. The Kier molecular flexibility index (Phi) is 6.53. The summed E-state index contributed by atoms with van der Waals surface area (Å²) in [6.45, 7) is 4.19. The molecule has 208 valence electrons. The number of aryl methyl sites for hydroxylation is 2. The lowest BCUT2D eigenvalue weighted by Gasteiger charge is -2.41. The Morgan fingerprint density at radius 2 is 2.00 bits per heavy atom. The molecular formula is C27H26ClN5O6S. The molecular weight excluding hydrogens is 558 g/mol. The molecule has 13 heteroatoms. The Bertz CT molecular complexity index is 1750. The molecule has 4 aromatic rings. The summed E-state index contributed by atoms with van der Waals surface area (Å²) < 4.78 is 42.1. The quantitative estimate of drug-likeness (QED) is 0.362. The number of pyridine rings is 2. The number of benzene rings is 1. The van der Waals surface area contributed by atoms with E-state index in [1.165, 1.54) is 16.6 Å². The molecule has 1 aromatic carbocycles. The Hall–Kier alpha value is -3.58. The number of ether oxygens (including phenoxy) is 2. The van der Waals surface area contributed by atoms with Crippen LogP contribution in [0.2, 0.25) is 5.02 Å². The van der Waals surface area contributed by atoms with Gasteiger partial charge in [0.05, 0.1) is 26.2 Å². The molecule has 0 amide bonds. The third-order valence-corrected chi connectivity index (χ3v) is 9.65. The van der Waals surface area contributed by atoms with Gasteiger partial charge >= 0.3 is 5.97 Å². The molecule has 0 bridgehead atoms. The summed E-state index contributed by atoms with van der Waals surface area (Å²) in [5.41, 5.74) is 2.63. The summed E-state index contributed by atoms with van der Waals surface area (Å²) in [7, 11) is -3.99. The zero-order chi connectivity index (χ0) is 28.2. The molecule has 1 fully saturated rings. The van der Waals surface area contributed by atoms with Gasteiger partial charge in [-0.2, -0.15) is 4.31 Å². The van der Waals surface area contributed by atoms with Crippen molar-refractivity contribution >= 4 is 33.2 Å². The monoisotopic (exact) mass is 583 g/mol. The van der Waals surface area contributed by atoms with Gasteiger partial charge in [-0.1, -0.05) is 23.7 Å². The van der Waals surface area contributed by atoms with Crippen LogP contribution in [-0.4, -0.2) is 68.7 Å². The molecule has 1 atom stereocenters. The maximum Gasteiger partial charge on any atom is 0.304 e. The topological polar surface area (TPSA) is 136 Å². The van der Waals surface area contributed by atoms with E-state index in [1.807, 2.05) is 30.5 Å². The SMILES string of the molecule is Cc1c([C@@H](CC(=O)O)c2ccc(Cl)c(CN3CC4(COC4)Oc4ncccc4S3(=O)=O)c2)ccn2c(C)nnc12. The molecule has 0 radical (unpaired) electrons. The number of aliphatic carboxylic acids is 1. The number of aromatic nitrogens is 4. The van der Waals surface area contributed by atoms with Crippen LogP contribution in [-0.2, 0) is 26.1 Å². The van der Waals surface area contributed by atoms with Crippen molar-refractivity contribution in [2.24, 2.45) is 0 Å². The number of halogens is 1. The summed E-state index contributed by atoms with van der Waals surface area (Å²) in [5.74, 6) is -0.732. The van der Waals surface area contributed by atoms with E-state index in [0.29, 0.717) is 21.8 Å². The lowest BCUT2D eigenvalue weighted by molar-refractivity contribution is -0.166. The van der Waals surface area contributed by atoms with E-state index in [2.05, 4.69) is 15.2 Å². The van der Waals surface area contributed by atoms with Crippen molar-refractivity contribution in [1.29, 1.82) is 0 Å². The van der Waals surface area contributed by atoms with Crippen molar-refractivity contribution in [2.45, 2.75) is 43.2 Å². The fourth-order valence-electron chi connectivity index (χ4n) is 5.35. The van der Waals surface area contributed by atoms with Crippen LogP contribution in [0.1, 0.15) is 40.4 Å². The van der Waals surface area contributed by atoms with E-state index in [1.54, 1.807) is 24.3 Å². The number of carbonyl (C=O) groups is 1. The van der Waals surface area contributed by atoms with Crippen LogP contribution in [0, 0.1) is 13.8 Å². The number of nitrogens with zero attached hydrogens (tertiary/aromatic N) is 5. The van der Waals surface area contributed by atoms with Gasteiger partial charge in [0, 0.05) is 29.9 Å². The lowest BCUT2D eigenvalue weighted by atomic mass is 9.86. The fraction of sp³-hybridized carbons (Fsp3) is 0.333. The first kappa shape index (κ1) is 26.6. The number of rotatable bonds is 6. The Morgan fingerprint density at radius 1 is 1.20 bits per heavy atom. The molecule has 6 rings (SSSR count). The van der Waals surface area contributed by atoms with Gasteiger partial charge in [-0.3, -0.25) is 9.20 Å². The zero-order valence-corrected chi connectivity index (χ0v) is 23.3. The smallest absolute Gasteiger partial charge is 0.304 e. The highest BCUT2D eigenvalue weighted by molar-refractivity contribution is 7.89. The molecule has 1 spiro atoms. The fourth-order valence-corrected chi connectivity index (χ4v) is 7.08. The summed E-state index contributed by atoms with van der Waals surface area (Å²) in [6, 6.07) is 10.1. The van der Waals surface area contributed by atoms with Crippen molar-refractivity contribution in [1.82, 2.24) is 23.9 Å². The summed E-state index contributed by atoms with van der Waals surface area (Å²) >= 11 is 6.61. The minimum absolute atomic E-state index is 0.0256. The van der Waals surface area contributed by atoms with Gasteiger partial charge in [-0.15, -0.1) is 10.2 Å². The number of carboxylic acid groups (broad SMARTS) is 1. The molecule has 1 N–H and O–H groups in total. The third kappa shape index (κ3) is 4.50. The zero-order valence-electron chi connectivity index (χ0n) is 21.7. The average molecular weight is 584 g/mol. The molecule has 0 unspecified atom stereocenters. The van der Waals surface area contributed by atoms with Crippen LogP contribution >= 0.6 is 11.6 Å². The predicted molar refractivity (Wildman–Crippen MR) is 144 cm³/mol. The molecule has 0 saturated carbocycles. The van der Waals surface area contributed by atoms with Gasteiger partial charge in [-0.25, -0.2) is 13.4 Å². The Balaban J connectivity index is 1.41. The molecule has 2 aliphatic rings. The minimum atomic E-state index is -3.99. The molecule has 11 nitrogen and oxygen atoms in total. The summed E-state index contributed by atoms with van der Waals surface area (Å²) in [4.78, 5) is 16.1. The molecule has 1 saturated heterocycles. The molecule has 40 heavy (non-hydrogen) atoms. The van der Waals surface area contributed by atoms with Crippen LogP contribution in [0.5, 0.6) is 5.88 Å². The average Bonchev–Trinajstić information content (AvgIpc) is 3.24. The molecule has 0 aliphatic carbocycles.